The van der Waals surface area contributed by atoms with Gasteiger partial charge < -0.3 is 5.11 Å². The minimum Gasteiger partial charge on any atom is -0.390 e. The van der Waals surface area contributed by atoms with E-state index in [4.69, 9.17) is 11.6 Å². The van der Waals surface area contributed by atoms with Crippen LogP contribution in [0.5, 0.6) is 0 Å². The Morgan fingerprint density at radius 1 is 1.13 bits per heavy atom. The number of rotatable bonds is 3. The number of halogens is 1. The standard InChI is InChI=1S/C26H35ClN2O2/c1-23(31)8-6-16-14(10-23)4-5-18-17(16)7-9-24(2)20(18)21-22-25(21,3)26(22,24)19(30)13-29-12-15(27)11-28-29/h11-12,14,16-18,20-22,31H,4-10,13H2,1-3H3. The molecule has 8 rings (SSSR count). The van der Waals surface area contributed by atoms with E-state index in [1.165, 1.54) is 32.1 Å². The molecule has 2 bridgehead atoms. The molecule has 31 heavy (non-hydrogen) atoms. The number of fused-ring (bicyclic) bond motifs is 3. The lowest BCUT2D eigenvalue weighted by Gasteiger charge is -2.56. The molecule has 1 heterocycles. The van der Waals surface area contributed by atoms with Crippen molar-refractivity contribution in [3.63, 3.8) is 0 Å². The highest BCUT2D eigenvalue weighted by molar-refractivity contribution is 6.30. The Morgan fingerprint density at radius 3 is 2.58 bits per heavy atom. The zero-order valence-corrected chi connectivity index (χ0v) is 19.7. The third-order valence-electron chi connectivity index (χ3n) is 11.9. The summed E-state index contributed by atoms with van der Waals surface area (Å²) in [6.07, 6.45) is 11.7. The van der Waals surface area contributed by atoms with Crippen LogP contribution in [0.3, 0.4) is 0 Å². The lowest BCUT2D eigenvalue weighted by atomic mass is 9.48. The monoisotopic (exact) mass is 442 g/mol. The average Bonchev–Trinajstić information content (AvgIpc) is 3.27. The third-order valence-corrected chi connectivity index (χ3v) is 12.1. The molecule has 0 spiro atoms. The Balaban J connectivity index is 1.18. The number of carbonyl (C=O) groups is 1. The van der Waals surface area contributed by atoms with Crippen molar-refractivity contribution in [1.82, 2.24) is 9.78 Å². The van der Waals surface area contributed by atoms with Gasteiger partial charge in [-0.15, -0.1) is 0 Å². The van der Waals surface area contributed by atoms with Gasteiger partial charge in [0.15, 0.2) is 5.78 Å². The van der Waals surface area contributed by atoms with Gasteiger partial charge in [0.2, 0.25) is 0 Å². The molecule has 0 amide bonds. The van der Waals surface area contributed by atoms with E-state index in [0.29, 0.717) is 29.2 Å². The van der Waals surface area contributed by atoms with Gasteiger partial charge in [-0.2, -0.15) is 5.10 Å². The lowest BCUT2D eigenvalue weighted by molar-refractivity contribution is -0.137. The fourth-order valence-corrected chi connectivity index (χ4v) is 11.3. The Hall–Kier alpha value is -0.870. The maximum absolute atomic E-state index is 13.8. The SMILES string of the molecule is CC1(O)CCC2C(CCC3C2CCC2(C)C3C3C4C3(C)C42C(=O)Cn2cc(Cl)cn2)C1. The fraction of sp³-hybridized carbons (Fsp3) is 0.846. The highest BCUT2D eigenvalue weighted by atomic mass is 35.5. The molecule has 0 aliphatic heterocycles. The largest absolute Gasteiger partial charge is 0.390 e. The molecule has 7 aliphatic carbocycles. The van der Waals surface area contributed by atoms with Crippen LogP contribution in [-0.2, 0) is 11.3 Å². The summed E-state index contributed by atoms with van der Waals surface area (Å²) in [6, 6.07) is 0. The van der Waals surface area contributed by atoms with E-state index in [-0.39, 0.29) is 16.2 Å². The van der Waals surface area contributed by atoms with Crippen molar-refractivity contribution in [1.29, 1.82) is 0 Å². The number of hydrogen-bond acceptors (Lipinski definition) is 3. The van der Waals surface area contributed by atoms with Crippen molar-refractivity contribution in [2.75, 3.05) is 0 Å². The molecule has 4 nitrogen and oxygen atoms in total. The first-order chi connectivity index (χ1) is 14.6. The quantitative estimate of drug-likeness (QED) is 0.718. The van der Waals surface area contributed by atoms with E-state index < -0.39 is 5.60 Å². The van der Waals surface area contributed by atoms with Gasteiger partial charge in [-0.1, -0.05) is 25.4 Å². The van der Waals surface area contributed by atoms with Gasteiger partial charge in [0.05, 0.1) is 16.8 Å². The van der Waals surface area contributed by atoms with Crippen LogP contribution in [0.15, 0.2) is 12.4 Å². The topological polar surface area (TPSA) is 55.1 Å². The van der Waals surface area contributed by atoms with Crippen molar-refractivity contribution in [2.45, 2.75) is 77.9 Å². The van der Waals surface area contributed by atoms with Crippen LogP contribution in [0.25, 0.3) is 0 Å². The van der Waals surface area contributed by atoms with Crippen molar-refractivity contribution in [3.8, 4) is 0 Å². The van der Waals surface area contributed by atoms with Gasteiger partial charge >= 0.3 is 0 Å². The van der Waals surface area contributed by atoms with Gasteiger partial charge in [-0.05, 0) is 104 Å². The summed E-state index contributed by atoms with van der Waals surface area (Å²) in [5.41, 5.74) is -0.136. The van der Waals surface area contributed by atoms with Crippen LogP contribution in [-0.4, -0.2) is 26.3 Å². The summed E-state index contributed by atoms with van der Waals surface area (Å²) in [5.74, 6) is 5.70. The molecule has 7 aliphatic rings. The molecule has 7 fully saturated rings. The van der Waals surface area contributed by atoms with E-state index in [2.05, 4.69) is 18.9 Å². The number of aromatic nitrogens is 2. The first-order valence-electron chi connectivity index (χ1n) is 12.6. The zero-order chi connectivity index (χ0) is 21.6. The zero-order valence-electron chi connectivity index (χ0n) is 19.0. The van der Waals surface area contributed by atoms with Crippen LogP contribution >= 0.6 is 11.6 Å². The molecule has 168 valence electrons. The molecular weight excluding hydrogens is 408 g/mol. The average molecular weight is 443 g/mol. The minimum atomic E-state index is -0.449. The van der Waals surface area contributed by atoms with Crippen LogP contribution in [0.4, 0.5) is 0 Å². The first-order valence-corrected chi connectivity index (χ1v) is 13.0. The lowest BCUT2D eigenvalue weighted by Crippen LogP contribution is -2.51. The molecular formula is C26H35ClN2O2. The van der Waals surface area contributed by atoms with E-state index in [9.17, 15) is 9.90 Å². The molecule has 5 heteroatoms. The number of nitrogens with zero attached hydrogens (tertiary/aromatic N) is 2. The molecule has 0 aromatic carbocycles. The highest BCUT2D eigenvalue weighted by Gasteiger charge is 3.05. The molecule has 7 saturated carbocycles. The fourth-order valence-electron chi connectivity index (χ4n) is 11.2. The molecule has 1 aromatic rings. The maximum atomic E-state index is 13.8. The van der Waals surface area contributed by atoms with E-state index >= 15 is 0 Å². The van der Waals surface area contributed by atoms with Gasteiger partial charge in [-0.3, -0.25) is 9.48 Å². The molecule has 1 aromatic heterocycles. The Morgan fingerprint density at radius 2 is 1.87 bits per heavy atom. The van der Waals surface area contributed by atoms with Gasteiger partial charge in [-0.25, -0.2) is 0 Å². The number of hydrogen-bond donors (Lipinski definition) is 1. The minimum absolute atomic E-state index is 0.105. The predicted octanol–water partition coefficient (Wildman–Crippen LogP) is 4.98. The summed E-state index contributed by atoms with van der Waals surface area (Å²) in [5, 5.41) is 15.6. The van der Waals surface area contributed by atoms with Gasteiger partial charge in [0, 0.05) is 11.6 Å². The van der Waals surface area contributed by atoms with Crippen LogP contribution < -0.4 is 0 Å². The molecule has 11 atom stereocenters. The number of aliphatic hydroxyl groups is 1. The normalized spacial score (nSPS) is 58.0. The first kappa shape index (κ1) is 19.6. The number of carbonyl (C=O) groups excluding carboxylic acids is 1. The van der Waals surface area contributed by atoms with Crippen LogP contribution in [0.2, 0.25) is 5.02 Å². The van der Waals surface area contributed by atoms with Gasteiger partial charge in [0.1, 0.15) is 6.54 Å². The summed E-state index contributed by atoms with van der Waals surface area (Å²) in [4.78, 5) is 13.8. The summed E-state index contributed by atoms with van der Waals surface area (Å²) >= 11 is 6.06. The molecule has 1 N–H and O–H groups in total. The number of Topliss-reactive ketones (excluding diaryl/α,β-unsaturated/α-hetero) is 1. The second kappa shape index (κ2) is 5.60. The van der Waals surface area contributed by atoms with Crippen molar-refractivity contribution >= 4 is 17.4 Å². The number of ketones is 1. The molecule has 0 saturated heterocycles. The predicted molar refractivity (Wildman–Crippen MR) is 118 cm³/mol. The Labute approximate surface area is 190 Å². The summed E-state index contributed by atoms with van der Waals surface area (Å²) < 4.78 is 1.75. The van der Waals surface area contributed by atoms with E-state index in [1.807, 2.05) is 6.92 Å². The molecule has 0 radical (unpaired) electrons. The Bertz CT molecular complexity index is 988. The smallest absolute Gasteiger partial charge is 0.161 e. The van der Waals surface area contributed by atoms with Crippen molar-refractivity contribution < 1.29 is 9.90 Å². The van der Waals surface area contributed by atoms with Crippen LogP contribution in [0, 0.1) is 57.7 Å². The summed E-state index contributed by atoms with van der Waals surface area (Å²) in [7, 11) is 0. The van der Waals surface area contributed by atoms with Gasteiger partial charge in [0.25, 0.3) is 0 Å². The van der Waals surface area contributed by atoms with E-state index in [1.54, 1.807) is 17.1 Å². The summed E-state index contributed by atoms with van der Waals surface area (Å²) in [6.45, 7) is 7.34. The maximum Gasteiger partial charge on any atom is 0.161 e. The van der Waals surface area contributed by atoms with Crippen molar-refractivity contribution in [2.24, 2.45) is 57.7 Å². The third kappa shape index (κ3) is 2.06. The van der Waals surface area contributed by atoms with Crippen molar-refractivity contribution in [3.05, 3.63) is 17.4 Å². The molecule has 11 unspecified atom stereocenters. The second-order valence-electron chi connectivity index (χ2n) is 12.9. The Kier molecular flexibility index (Phi) is 3.54. The van der Waals surface area contributed by atoms with Crippen LogP contribution in [0.1, 0.15) is 65.7 Å². The second-order valence-corrected chi connectivity index (χ2v) is 13.4. The van der Waals surface area contributed by atoms with E-state index in [0.717, 1.165) is 42.4 Å². The highest BCUT2D eigenvalue weighted by Crippen LogP contribution is 3.06.